The number of pyridine rings is 1. The third-order valence-corrected chi connectivity index (χ3v) is 3.44. The molecule has 1 aliphatic carbocycles. The Hall–Kier alpha value is -0.840. The fourth-order valence-electron chi connectivity index (χ4n) is 1.69. The molecule has 0 aliphatic heterocycles. The Kier molecular flexibility index (Phi) is 3.56. The van der Waals surface area contributed by atoms with Gasteiger partial charge in [-0.2, -0.15) is 0 Å². The first kappa shape index (κ1) is 12.6. The highest BCUT2D eigenvalue weighted by atomic mass is 35.5. The zero-order valence-corrected chi connectivity index (χ0v) is 10.6. The van der Waals surface area contributed by atoms with Crippen LogP contribution in [-0.4, -0.2) is 28.1 Å². The van der Waals surface area contributed by atoms with Crippen LogP contribution in [-0.2, 0) is 0 Å². The lowest BCUT2D eigenvalue weighted by Crippen LogP contribution is -2.47. The van der Waals surface area contributed by atoms with E-state index >= 15 is 0 Å². The summed E-state index contributed by atoms with van der Waals surface area (Å²) < 4.78 is 0. The molecule has 92 valence electrons. The first-order chi connectivity index (χ1) is 8.00. The molecular formula is C11H12Cl2N2O2. The summed E-state index contributed by atoms with van der Waals surface area (Å²) in [6, 6.07) is 1.41. The monoisotopic (exact) mass is 274 g/mol. The van der Waals surface area contributed by atoms with Gasteiger partial charge in [-0.1, -0.05) is 23.2 Å². The minimum Gasteiger partial charge on any atom is -0.388 e. The van der Waals surface area contributed by atoms with E-state index in [1.165, 1.54) is 12.3 Å². The number of nitrogens with zero attached hydrogens (tertiary/aromatic N) is 1. The predicted molar refractivity (Wildman–Crippen MR) is 65.4 cm³/mol. The van der Waals surface area contributed by atoms with Crippen LogP contribution in [0.5, 0.6) is 0 Å². The van der Waals surface area contributed by atoms with Crippen molar-refractivity contribution >= 4 is 29.1 Å². The highest BCUT2D eigenvalue weighted by Gasteiger charge is 2.34. The van der Waals surface area contributed by atoms with Crippen LogP contribution < -0.4 is 5.32 Å². The first-order valence-electron chi connectivity index (χ1n) is 5.32. The number of hydrogen-bond donors (Lipinski definition) is 2. The van der Waals surface area contributed by atoms with Gasteiger partial charge in [0.15, 0.2) is 0 Å². The fourth-order valence-corrected chi connectivity index (χ4v) is 2.04. The second-order valence-electron chi connectivity index (χ2n) is 4.25. The Morgan fingerprint density at radius 3 is 2.82 bits per heavy atom. The fraction of sp³-hybridized carbons (Fsp3) is 0.455. The smallest absolute Gasteiger partial charge is 0.253 e. The number of carbonyl (C=O) groups is 1. The molecule has 0 saturated heterocycles. The highest BCUT2D eigenvalue weighted by Crippen LogP contribution is 2.30. The van der Waals surface area contributed by atoms with Gasteiger partial charge < -0.3 is 10.4 Å². The molecule has 0 spiro atoms. The zero-order valence-electron chi connectivity index (χ0n) is 9.04. The number of carbonyl (C=O) groups excluding carboxylic acids is 1. The molecular weight excluding hydrogens is 263 g/mol. The molecule has 2 N–H and O–H groups in total. The molecule has 2 rings (SSSR count). The van der Waals surface area contributed by atoms with Crippen LogP contribution in [0.1, 0.15) is 29.6 Å². The molecule has 0 atom stereocenters. The van der Waals surface area contributed by atoms with Crippen molar-refractivity contribution in [2.24, 2.45) is 0 Å². The van der Waals surface area contributed by atoms with E-state index in [9.17, 15) is 9.90 Å². The van der Waals surface area contributed by atoms with E-state index in [1.54, 1.807) is 0 Å². The van der Waals surface area contributed by atoms with Gasteiger partial charge in [0.25, 0.3) is 5.91 Å². The SMILES string of the molecule is O=C(NCC1(O)CCC1)c1cc(Cl)ncc1Cl. The second kappa shape index (κ2) is 4.80. The van der Waals surface area contributed by atoms with Gasteiger partial charge in [0.1, 0.15) is 5.15 Å². The molecule has 0 bridgehead atoms. The number of aliphatic hydroxyl groups is 1. The molecule has 1 amide bonds. The van der Waals surface area contributed by atoms with Crippen LogP contribution in [0.4, 0.5) is 0 Å². The molecule has 0 aromatic carbocycles. The summed E-state index contributed by atoms with van der Waals surface area (Å²) in [5.41, 5.74) is -0.478. The lowest BCUT2D eigenvalue weighted by molar-refractivity contribution is -0.0300. The van der Waals surface area contributed by atoms with E-state index < -0.39 is 5.60 Å². The van der Waals surface area contributed by atoms with Crippen molar-refractivity contribution in [3.8, 4) is 0 Å². The quantitative estimate of drug-likeness (QED) is 0.830. The molecule has 1 fully saturated rings. The normalized spacial score (nSPS) is 17.4. The van der Waals surface area contributed by atoms with Crippen molar-refractivity contribution in [2.45, 2.75) is 24.9 Å². The van der Waals surface area contributed by atoms with Crippen molar-refractivity contribution in [2.75, 3.05) is 6.54 Å². The Labute approximate surface area is 109 Å². The van der Waals surface area contributed by atoms with Crippen LogP contribution in [0.15, 0.2) is 12.3 Å². The van der Waals surface area contributed by atoms with Crippen LogP contribution in [0, 0.1) is 0 Å². The van der Waals surface area contributed by atoms with E-state index in [2.05, 4.69) is 10.3 Å². The lowest BCUT2D eigenvalue weighted by atomic mass is 9.80. The van der Waals surface area contributed by atoms with Gasteiger partial charge in [0.2, 0.25) is 0 Å². The van der Waals surface area contributed by atoms with Gasteiger partial charge in [-0.15, -0.1) is 0 Å². The van der Waals surface area contributed by atoms with E-state index in [1.807, 2.05) is 0 Å². The van der Waals surface area contributed by atoms with Crippen molar-refractivity contribution in [1.82, 2.24) is 10.3 Å². The lowest BCUT2D eigenvalue weighted by Gasteiger charge is -2.36. The van der Waals surface area contributed by atoms with Crippen LogP contribution in [0.25, 0.3) is 0 Å². The minimum absolute atomic E-state index is 0.210. The number of amides is 1. The Bertz CT molecular complexity index is 447. The second-order valence-corrected chi connectivity index (χ2v) is 5.04. The third-order valence-electron chi connectivity index (χ3n) is 2.93. The number of nitrogens with one attached hydrogen (secondary N) is 1. The molecule has 1 saturated carbocycles. The van der Waals surface area contributed by atoms with Gasteiger partial charge in [0.05, 0.1) is 16.2 Å². The van der Waals surface area contributed by atoms with E-state index in [0.717, 1.165) is 19.3 Å². The maximum Gasteiger partial charge on any atom is 0.253 e. The molecule has 1 heterocycles. The van der Waals surface area contributed by atoms with Crippen molar-refractivity contribution in [3.63, 3.8) is 0 Å². The third kappa shape index (κ3) is 2.89. The number of aromatic nitrogens is 1. The Morgan fingerprint density at radius 2 is 2.24 bits per heavy atom. The van der Waals surface area contributed by atoms with Crippen molar-refractivity contribution in [1.29, 1.82) is 0 Å². The standard InChI is InChI=1S/C11H12Cl2N2O2/c12-8-5-14-9(13)4-7(8)10(16)15-6-11(17)2-1-3-11/h4-5,17H,1-3,6H2,(H,15,16). The van der Waals surface area contributed by atoms with Gasteiger partial charge in [-0.05, 0) is 25.3 Å². The van der Waals surface area contributed by atoms with E-state index in [4.69, 9.17) is 23.2 Å². The van der Waals surface area contributed by atoms with Crippen LogP contribution in [0.3, 0.4) is 0 Å². The van der Waals surface area contributed by atoms with E-state index in [0.29, 0.717) is 0 Å². The molecule has 0 radical (unpaired) electrons. The summed E-state index contributed by atoms with van der Waals surface area (Å²) in [6.45, 7) is 0.238. The molecule has 4 nitrogen and oxygen atoms in total. The van der Waals surface area contributed by atoms with Gasteiger partial charge >= 0.3 is 0 Å². The van der Waals surface area contributed by atoms with E-state index in [-0.39, 0.29) is 28.2 Å². The largest absolute Gasteiger partial charge is 0.388 e. The average Bonchev–Trinajstić information content (AvgIpc) is 2.26. The molecule has 6 heteroatoms. The summed E-state index contributed by atoms with van der Waals surface area (Å²) >= 11 is 11.5. The molecule has 0 unspecified atom stereocenters. The van der Waals surface area contributed by atoms with Crippen molar-refractivity contribution < 1.29 is 9.90 Å². The zero-order chi connectivity index (χ0) is 12.5. The molecule has 1 aliphatic rings. The van der Waals surface area contributed by atoms with Gasteiger partial charge in [-0.25, -0.2) is 4.98 Å². The molecule has 1 aromatic rings. The summed E-state index contributed by atoms with van der Waals surface area (Å²) in [5, 5.41) is 12.9. The number of rotatable bonds is 3. The number of halogens is 2. The topological polar surface area (TPSA) is 62.2 Å². The summed E-state index contributed by atoms with van der Waals surface area (Å²) in [6.07, 6.45) is 3.77. The summed E-state index contributed by atoms with van der Waals surface area (Å²) in [4.78, 5) is 15.6. The highest BCUT2D eigenvalue weighted by molar-refractivity contribution is 6.35. The Morgan fingerprint density at radius 1 is 1.53 bits per heavy atom. The molecule has 17 heavy (non-hydrogen) atoms. The summed E-state index contributed by atoms with van der Waals surface area (Å²) in [7, 11) is 0. The van der Waals surface area contributed by atoms with Crippen molar-refractivity contribution in [3.05, 3.63) is 28.0 Å². The summed E-state index contributed by atoms with van der Waals surface area (Å²) in [5.74, 6) is -0.348. The van der Waals surface area contributed by atoms with Crippen LogP contribution in [0.2, 0.25) is 10.2 Å². The van der Waals surface area contributed by atoms with Crippen LogP contribution >= 0.6 is 23.2 Å². The van der Waals surface area contributed by atoms with Gasteiger partial charge in [0, 0.05) is 12.7 Å². The predicted octanol–water partition coefficient (Wildman–Crippen LogP) is 2.03. The average molecular weight is 275 g/mol. The first-order valence-corrected chi connectivity index (χ1v) is 6.07. The number of hydrogen-bond acceptors (Lipinski definition) is 3. The maximum absolute atomic E-state index is 11.8. The maximum atomic E-state index is 11.8. The molecule has 1 aromatic heterocycles. The van der Waals surface area contributed by atoms with Gasteiger partial charge in [-0.3, -0.25) is 4.79 Å². The minimum atomic E-state index is -0.751. The Balaban J connectivity index is 2.01.